The van der Waals surface area contributed by atoms with E-state index in [1.54, 1.807) is 0 Å². The first kappa shape index (κ1) is 26.3. The maximum atomic E-state index is 12.2. The van der Waals surface area contributed by atoms with E-state index in [-0.39, 0.29) is 25.4 Å². The summed E-state index contributed by atoms with van der Waals surface area (Å²) in [5.41, 5.74) is -1.56. The number of aliphatic hydroxyl groups is 7. The maximum absolute atomic E-state index is 12.2. The fourth-order valence-electron chi connectivity index (χ4n) is 4.64. The number of carbonyl (C=O) groups excluding carboxylic acids is 1. The lowest BCUT2D eigenvalue weighted by Crippen LogP contribution is -2.59. The van der Waals surface area contributed by atoms with E-state index in [1.807, 2.05) is 13.8 Å². The van der Waals surface area contributed by atoms with Crippen molar-refractivity contribution in [2.45, 2.75) is 75.4 Å². The van der Waals surface area contributed by atoms with E-state index in [2.05, 4.69) is 0 Å². The highest BCUT2D eigenvalue weighted by Crippen LogP contribution is 2.49. The summed E-state index contributed by atoms with van der Waals surface area (Å²) in [7, 11) is 0. The molecule has 190 valence electrons. The molecule has 0 aromatic rings. The number of aliphatic hydroxyl groups excluding tert-OH is 6. The summed E-state index contributed by atoms with van der Waals surface area (Å²) < 4.78 is 21.8. The van der Waals surface area contributed by atoms with E-state index in [0.29, 0.717) is 5.57 Å². The van der Waals surface area contributed by atoms with Crippen LogP contribution in [0.2, 0.25) is 0 Å². The molecule has 2 heterocycles. The molecular formula is C21H34O12. The predicted molar refractivity (Wildman–Crippen MR) is 108 cm³/mol. The van der Waals surface area contributed by atoms with Gasteiger partial charge >= 0.3 is 5.97 Å². The van der Waals surface area contributed by atoms with Crippen molar-refractivity contribution in [1.29, 1.82) is 0 Å². The number of fused-ring (bicyclic) bond motifs is 1. The Morgan fingerprint density at radius 3 is 2.45 bits per heavy atom. The van der Waals surface area contributed by atoms with Crippen LogP contribution in [-0.2, 0) is 23.7 Å². The SMILES string of the molecule is CC(C)CC(=O)O[C@H]1OC=C(CO[C@@H]2O[C@H](CO)[C@@H](O)[C@H](O)[C@H]2O)[C@H]2C[C@@H](O)[C@@](O)(CO)[C@@H]12. The zero-order valence-electron chi connectivity index (χ0n) is 18.6. The number of carbonyl (C=O) groups is 1. The van der Waals surface area contributed by atoms with Crippen LogP contribution in [0.15, 0.2) is 11.8 Å². The van der Waals surface area contributed by atoms with Gasteiger partial charge in [-0.3, -0.25) is 4.79 Å². The van der Waals surface area contributed by atoms with Gasteiger partial charge in [-0.2, -0.15) is 0 Å². The minimum atomic E-state index is -1.99. The number of esters is 1. The summed E-state index contributed by atoms with van der Waals surface area (Å²) in [6.45, 7) is 2.04. The van der Waals surface area contributed by atoms with E-state index in [1.165, 1.54) is 6.26 Å². The molecule has 10 atom stereocenters. The Hall–Kier alpha value is -1.35. The Morgan fingerprint density at radius 2 is 1.85 bits per heavy atom. The van der Waals surface area contributed by atoms with Gasteiger partial charge in [0.2, 0.25) is 6.29 Å². The number of ether oxygens (including phenoxy) is 4. The molecular weight excluding hydrogens is 444 g/mol. The Bertz CT molecular complexity index is 711. The van der Waals surface area contributed by atoms with Crippen LogP contribution in [-0.4, -0.2) is 110 Å². The second kappa shape index (κ2) is 10.5. The van der Waals surface area contributed by atoms with Gasteiger partial charge in [-0.25, -0.2) is 0 Å². The van der Waals surface area contributed by atoms with Gasteiger partial charge in [0.15, 0.2) is 6.29 Å². The lowest BCUT2D eigenvalue weighted by Gasteiger charge is -2.41. The first-order valence-electron chi connectivity index (χ1n) is 11.0. The molecule has 0 aromatic carbocycles. The molecule has 0 amide bonds. The molecule has 1 saturated carbocycles. The molecule has 0 bridgehead atoms. The van der Waals surface area contributed by atoms with Crippen LogP contribution in [0.3, 0.4) is 0 Å². The highest BCUT2D eigenvalue weighted by atomic mass is 16.7. The Balaban J connectivity index is 1.75. The summed E-state index contributed by atoms with van der Waals surface area (Å²) in [5, 5.41) is 70.5. The standard InChI is InChI=1S/C21H34O12/c1-9(2)3-14(25)33-19-15-11(4-13(24)21(15,29)8-23)10(6-30-19)7-31-20-18(28)17(27)16(26)12(5-22)32-20/h6,9,11-13,15-20,22-24,26-29H,3-5,7-8H2,1-2H3/t11-,12-,13-,15-,16-,17+,18-,19-,20-,21+/m1/s1. The average Bonchev–Trinajstić information content (AvgIpc) is 3.03. The van der Waals surface area contributed by atoms with Gasteiger partial charge in [0, 0.05) is 12.3 Å². The molecule has 12 heteroatoms. The van der Waals surface area contributed by atoms with Crippen molar-refractivity contribution in [2.24, 2.45) is 17.8 Å². The fourth-order valence-corrected chi connectivity index (χ4v) is 4.64. The van der Waals surface area contributed by atoms with Gasteiger partial charge in [-0.1, -0.05) is 13.8 Å². The molecule has 7 N–H and O–H groups in total. The zero-order chi connectivity index (χ0) is 24.5. The largest absolute Gasteiger partial charge is 0.462 e. The summed E-state index contributed by atoms with van der Waals surface area (Å²) in [6.07, 6.45) is -8.43. The highest BCUT2D eigenvalue weighted by Gasteiger charge is 2.60. The molecule has 3 rings (SSSR count). The lowest BCUT2D eigenvalue weighted by molar-refractivity contribution is -0.299. The van der Waals surface area contributed by atoms with Crippen molar-refractivity contribution in [3.63, 3.8) is 0 Å². The molecule has 0 radical (unpaired) electrons. The average molecular weight is 478 g/mol. The zero-order valence-corrected chi connectivity index (χ0v) is 18.6. The lowest BCUT2D eigenvalue weighted by atomic mass is 9.80. The fraction of sp³-hybridized carbons (Fsp3) is 0.857. The van der Waals surface area contributed by atoms with Crippen molar-refractivity contribution in [3.05, 3.63) is 11.8 Å². The molecule has 0 aromatic heterocycles. The van der Waals surface area contributed by atoms with Crippen molar-refractivity contribution < 1.29 is 59.5 Å². The van der Waals surface area contributed by atoms with Crippen LogP contribution in [0.4, 0.5) is 0 Å². The third kappa shape index (κ3) is 5.19. The molecule has 12 nitrogen and oxygen atoms in total. The monoisotopic (exact) mass is 478 g/mol. The minimum Gasteiger partial charge on any atom is -0.462 e. The van der Waals surface area contributed by atoms with Crippen LogP contribution < -0.4 is 0 Å². The molecule has 1 aliphatic carbocycles. The van der Waals surface area contributed by atoms with E-state index in [4.69, 9.17) is 18.9 Å². The summed E-state index contributed by atoms with van der Waals surface area (Å²) >= 11 is 0. The van der Waals surface area contributed by atoms with Gasteiger partial charge in [0.1, 0.15) is 30.0 Å². The normalized spacial score (nSPS) is 43.1. The van der Waals surface area contributed by atoms with E-state index in [0.717, 1.165) is 0 Å². The van der Waals surface area contributed by atoms with Gasteiger partial charge < -0.3 is 54.7 Å². The number of hydrogen-bond acceptors (Lipinski definition) is 12. The number of hydrogen-bond donors (Lipinski definition) is 7. The topological polar surface area (TPSA) is 196 Å². The van der Waals surface area contributed by atoms with E-state index < -0.39 is 79.7 Å². The molecule has 2 aliphatic heterocycles. The van der Waals surface area contributed by atoms with Crippen LogP contribution in [0.1, 0.15) is 26.7 Å². The van der Waals surface area contributed by atoms with Crippen LogP contribution in [0.25, 0.3) is 0 Å². The summed E-state index contributed by atoms with van der Waals surface area (Å²) in [5.74, 6) is -2.12. The minimum absolute atomic E-state index is 0.0210. The van der Waals surface area contributed by atoms with Crippen molar-refractivity contribution in [1.82, 2.24) is 0 Å². The third-order valence-corrected chi connectivity index (χ3v) is 6.53. The molecule has 1 saturated heterocycles. The van der Waals surface area contributed by atoms with Gasteiger partial charge in [0.05, 0.1) is 38.1 Å². The quantitative estimate of drug-likeness (QED) is 0.179. The van der Waals surface area contributed by atoms with Crippen LogP contribution in [0, 0.1) is 17.8 Å². The molecule has 2 fully saturated rings. The number of rotatable bonds is 8. The van der Waals surface area contributed by atoms with E-state index in [9.17, 15) is 40.5 Å². The Morgan fingerprint density at radius 1 is 1.15 bits per heavy atom. The Labute approximate surface area is 191 Å². The second-order valence-corrected chi connectivity index (χ2v) is 9.33. The molecule has 33 heavy (non-hydrogen) atoms. The third-order valence-electron chi connectivity index (χ3n) is 6.53. The first-order chi connectivity index (χ1) is 15.5. The molecule has 0 spiro atoms. The predicted octanol–water partition coefficient (Wildman–Crippen LogP) is -2.65. The van der Waals surface area contributed by atoms with Gasteiger partial charge in [0.25, 0.3) is 0 Å². The van der Waals surface area contributed by atoms with Crippen LogP contribution in [0.5, 0.6) is 0 Å². The Kier molecular flexibility index (Phi) is 8.36. The van der Waals surface area contributed by atoms with E-state index >= 15 is 0 Å². The van der Waals surface area contributed by atoms with Crippen LogP contribution >= 0.6 is 0 Å². The van der Waals surface area contributed by atoms with Crippen molar-refractivity contribution >= 4 is 5.97 Å². The van der Waals surface area contributed by atoms with Crippen molar-refractivity contribution in [2.75, 3.05) is 19.8 Å². The van der Waals surface area contributed by atoms with Gasteiger partial charge in [-0.15, -0.1) is 0 Å². The smallest absolute Gasteiger partial charge is 0.309 e. The van der Waals surface area contributed by atoms with Gasteiger partial charge in [-0.05, 0) is 17.9 Å². The maximum Gasteiger partial charge on any atom is 0.309 e. The summed E-state index contributed by atoms with van der Waals surface area (Å²) in [6, 6.07) is 0. The van der Waals surface area contributed by atoms with Crippen molar-refractivity contribution in [3.8, 4) is 0 Å². The summed E-state index contributed by atoms with van der Waals surface area (Å²) in [4.78, 5) is 12.2. The molecule has 0 unspecified atom stereocenters. The first-order valence-corrected chi connectivity index (χ1v) is 11.0. The molecule has 3 aliphatic rings. The second-order valence-electron chi connectivity index (χ2n) is 9.33. The highest BCUT2D eigenvalue weighted by molar-refractivity contribution is 5.69.